The Morgan fingerprint density at radius 2 is 1.96 bits per heavy atom. The molecule has 0 spiro atoms. The molecule has 1 aliphatic rings. The van der Waals surface area contributed by atoms with E-state index >= 15 is 0 Å². The molecule has 1 fully saturated rings. The molecule has 0 bridgehead atoms. The highest BCUT2D eigenvalue weighted by atomic mass is 19.4. The van der Waals surface area contributed by atoms with E-state index in [1.54, 1.807) is 13.8 Å². The van der Waals surface area contributed by atoms with Gasteiger partial charge in [-0.2, -0.15) is 18.3 Å². The molecule has 1 aromatic heterocycles. The quantitative estimate of drug-likeness (QED) is 0.856. The summed E-state index contributed by atoms with van der Waals surface area (Å²) in [6.07, 6.45) is 2.15. The zero-order chi connectivity index (χ0) is 17.0. The van der Waals surface area contributed by atoms with E-state index in [-0.39, 0.29) is 18.5 Å². The van der Waals surface area contributed by atoms with Gasteiger partial charge in [0.15, 0.2) is 5.69 Å². The van der Waals surface area contributed by atoms with Gasteiger partial charge in [0.2, 0.25) is 5.91 Å². The van der Waals surface area contributed by atoms with Gasteiger partial charge in [0.05, 0.1) is 12.5 Å². The lowest BCUT2D eigenvalue weighted by atomic mass is 10.1. The smallest absolute Gasteiger partial charge is 0.353 e. The number of amides is 1. The fraction of sp³-hybridized carbons (Fsp3) is 0.750. The van der Waals surface area contributed by atoms with Gasteiger partial charge in [-0.15, -0.1) is 0 Å². The number of aromatic nitrogens is 2. The molecule has 7 heteroatoms. The highest BCUT2D eigenvalue weighted by Gasteiger charge is 2.34. The molecule has 1 heterocycles. The van der Waals surface area contributed by atoms with E-state index < -0.39 is 17.8 Å². The number of hydrogen-bond acceptors (Lipinski definition) is 2. The first-order valence-electron chi connectivity index (χ1n) is 8.19. The fourth-order valence-electron chi connectivity index (χ4n) is 2.94. The maximum atomic E-state index is 12.7. The number of rotatable bonds is 4. The third-order valence-electron chi connectivity index (χ3n) is 4.37. The molecule has 130 valence electrons. The second kappa shape index (κ2) is 7.36. The van der Waals surface area contributed by atoms with Crippen LogP contribution in [0, 0.1) is 12.8 Å². The van der Waals surface area contributed by atoms with Gasteiger partial charge in [-0.25, -0.2) is 0 Å². The second-order valence-corrected chi connectivity index (χ2v) is 6.45. The van der Waals surface area contributed by atoms with Crippen LogP contribution in [0.5, 0.6) is 0 Å². The molecular formula is C16H24F3N3O. The van der Waals surface area contributed by atoms with Gasteiger partial charge in [-0.05, 0) is 25.8 Å². The lowest BCUT2D eigenvalue weighted by molar-refractivity contribution is -0.141. The van der Waals surface area contributed by atoms with Crippen LogP contribution in [-0.4, -0.2) is 21.7 Å². The van der Waals surface area contributed by atoms with Crippen LogP contribution in [0.1, 0.15) is 56.8 Å². The van der Waals surface area contributed by atoms with Crippen molar-refractivity contribution >= 4 is 5.91 Å². The van der Waals surface area contributed by atoms with Crippen LogP contribution >= 0.6 is 0 Å². The minimum absolute atomic E-state index is 0.111. The molecule has 1 saturated carbocycles. The molecule has 0 radical (unpaired) electrons. The van der Waals surface area contributed by atoms with Gasteiger partial charge in [0.1, 0.15) is 0 Å². The molecule has 0 aromatic carbocycles. The highest BCUT2D eigenvalue weighted by molar-refractivity contribution is 5.78. The average molecular weight is 331 g/mol. The van der Waals surface area contributed by atoms with Gasteiger partial charge < -0.3 is 5.32 Å². The summed E-state index contributed by atoms with van der Waals surface area (Å²) in [7, 11) is 0. The standard InChI is InChI=1S/C16H24F3N3O/c1-11(15(23)20-13-7-5-3-4-6-8-13)10-22-12(2)9-14(21-22)16(17,18)19/h9,11,13H,3-8,10H2,1-2H3,(H,20,23). The Bertz CT molecular complexity index is 531. The van der Waals surface area contributed by atoms with Crippen LogP contribution in [-0.2, 0) is 17.5 Å². The second-order valence-electron chi connectivity index (χ2n) is 6.45. The van der Waals surface area contributed by atoms with Crippen LogP contribution < -0.4 is 5.32 Å². The molecule has 2 rings (SSSR count). The van der Waals surface area contributed by atoms with Gasteiger partial charge in [-0.3, -0.25) is 9.48 Å². The van der Waals surface area contributed by atoms with Gasteiger partial charge in [-0.1, -0.05) is 32.6 Å². The van der Waals surface area contributed by atoms with E-state index in [4.69, 9.17) is 0 Å². The predicted molar refractivity (Wildman–Crippen MR) is 80.8 cm³/mol. The molecule has 1 aliphatic carbocycles. The van der Waals surface area contributed by atoms with Crippen LogP contribution in [0.4, 0.5) is 13.2 Å². The SMILES string of the molecule is Cc1cc(C(F)(F)F)nn1CC(C)C(=O)NC1CCCCCC1. The minimum Gasteiger partial charge on any atom is -0.353 e. The summed E-state index contributed by atoms with van der Waals surface area (Å²) in [4.78, 5) is 12.3. The van der Waals surface area contributed by atoms with Gasteiger partial charge >= 0.3 is 6.18 Å². The maximum Gasteiger partial charge on any atom is 0.435 e. The fourth-order valence-corrected chi connectivity index (χ4v) is 2.94. The van der Waals surface area contributed by atoms with Crippen molar-refractivity contribution in [3.05, 3.63) is 17.5 Å². The molecule has 1 atom stereocenters. The molecule has 23 heavy (non-hydrogen) atoms. The van der Waals surface area contributed by atoms with Crippen LogP contribution in [0.2, 0.25) is 0 Å². The number of halogens is 3. The lowest BCUT2D eigenvalue weighted by Gasteiger charge is -2.20. The Hall–Kier alpha value is -1.53. The minimum atomic E-state index is -4.46. The summed E-state index contributed by atoms with van der Waals surface area (Å²) in [6.45, 7) is 3.44. The first-order chi connectivity index (χ1) is 10.8. The maximum absolute atomic E-state index is 12.7. The van der Waals surface area contributed by atoms with Crippen molar-refractivity contribution in [3.63, 3.8) is 0 Å². The Labute approximate surface area is 134 Å². The Kier molecular flexibility index (Phi) is 5.70. The van der Waals surface area contributed by atoms with E-state index in [0.29, 0.717) is 5.69 Å². The molecule has 1 aromatic rings. The summed E-state index contributed by atoms with van der Waals surface area (Å²) < 4.78 is 39.3. The molecule has 4 nitrogen and oxygen atoms in total. The topological polar surface area (TPSA) is 46.9 Å². The normalized spacial score (nSPS) is 18.5. The Balaban J connectivity index is 1.94. The van der Waals surface area contributed by atoms with Crippen molar-refractivity contribution in [1.82, 2.24) is 15.1 Å². The molecule has 0 saturated heterocycles. The van der Waals surface area contributed by atoms with E-state index in [0.717, 1.165) is 31.7 Å². The summed E-state index contributed by atoms with van der Waals surface area (Å²) >= 11 is 0. The van der Waals surface area contributed by atoms with Gasteiger partial charge in [0.25, 0.3) is 0 Å². The molecule has 0 aliphatic heterocycles. The highest BCUT2D eigenvalue weighted by Crippen LogP contribution is 2.28. The van der Waals surface area contributed by atoms with Crippen LogP contribution in [0.3, 0.4) is 0 Å². The van der Waals surface area contributed by atoms with E-state index in [1.807, 2.05) is 0 Å². The Morgan fingerprint density at radius 1 is 1.35 bits per heavy atom. The van der Waals surface area contributed by atoms with Crippen molar-refractivity contribution < 1.29 is 18.0 Å². The zero-order valence-electron chi connectivity index (χ0n) is 13.6. The van der Waals surface area contributed by atoms with Crippen molar-refractivity contribution in [2.24, 2.45) is 5.92 Å². The number of carbonyl (C=O) groups excluding carboxylic acids is 1. The number of alkyl halides is 3. The lowest BCUT2D eigenvalue weighted by Crippen LogP contribution is -2.39. The van der Waals surface area contributed by atoms with E-state index in [2.05, 4.69) is 10.4 Å². The summed E-state index contributed by atoms with van der Waals surface area (Å²) in [5.74, 6) is -0.529. The predicted octanol–water partition coefficient (Wildman–Crippen LogP) is 3.69. The first-order valence-corrected chi connectivity index (χ1v) is 8.19. The van der Waals surface area contributed by atoms with Crippen molar-refractivity contribution in [2.75, 3.05) is 0 Å². The monoisotopic (exact) mass is 331 g/mol. The molecule has 1 amide bonds. The molecular weight excluding hydrogens is 307 g/mol. The number of nitrogens with zero attached hydrogens (tertiary/aromatic N) is 2. The van der Waals surface area contributed by atoms with Crippen molar-refractivity contribution in [2.45, 2.75) is 71.1 Å². The average Bonchev–Trinajstić information content (AvgIpc) is 2.68. The van der Waals surface area contributed by atoms with Crippen molar-refractivity contribution in [3.8, 4) is 0 Å². The molecule has 1 unspecified atom stereocenters. The first kappa shape index (κ1) is 17.8. The van der Waals surface area contributed by atoms with Crippen LogP contribution in [0.15, 0.2) is 6.07 Å². The third-order valence-corrected chi connectivity index (χ3v) is 4.37. The number of carbonyl (C=O) groups is 1. The van der Waals surface area contributed by atoms with Gasteiger partial charge in [0, 0.05) is 11.7 Å². The summed E-state index contributed by atoms with van der Waals surface area (Å²) in [5, 5.41) is 6.61. The summed E-state index contributed by atoms with van der Waals surface area (Å²) in [6, 6.07) is 1.20. The number of hydrogen-bond donors (Lipinski definition) is 1. The number of nitrogens with one attached hydrogen (secondary N) is 1. The number of aryl methyl sites for hydroxylation is 1. The molecule has 1 N–H and O–H groups in total. The van der Waals surface area contributed by atoms with Crippen LogP contribution in [0.25, 0.3) is 0 Å². The summed E-state index contributed by atoms with van der Waals surface area (Å²) in [5.41, 5.74) is -0.502. The Morgan fingerprint density at radius 3 is 2.48 bits per heavy atom. The third kappa shape index (κ3) is 4.97. The zero-order valence-corrected chi connectivity index (χ0v) is 13.6. The van der Waals surface area contributed by atoms with E-state index in [1.165, 1.54) is 17.5 Å². The van der Waals surface area contributed by atoms with Crippen molar-refractivity contribution in [1.29, 1.82) is 0 Å². The van der Waals surface area contributed by atoms with E-state index in [9.17, 15) is 18.0 Å². The largest absolute Gasteiger partial charge is 0.435 e.